The van der Waals surface area contributed by atoms with Crippen molar-refractivity contribution >= 4 is 26.7 Å². The van der Waals surface area contributed by atoms with Crippen LogP contribution in [0.5, 0.6) is 11.5 Å². The quantitative estimate of drug-likeness (QED) is 0.383. The number of nitrogens with one attached hydrogen (secondary N) is 1. The molecule has 0 fully saturated rings. The first-order chi connectivity index (χ1) is 15.6. The summed E-state index contributed by atoms with van der Waals surface area (Å²) in [6.07, 6.45) is -1.26. The minimum atomic E-state index is -4.92. The van der Waals surface area contributed by atoms with Gasteiger partial charge in [-0.15, -0.1) is 0 Å². The van der Waals surface area contributed by atoms with Gasteiger partial charge in [-0.05, 0) is 36.4 Å². The van der Waals surface area contributed by atoms with E-state index in [-0.39, 0.29) is 32.7 Å². The molecule has 2 aromatic heterocycles. The highest BCUT2D eigenvalue weighted by Gasteiger charge is 2.35. The number of sulfonamides is 1. The third-order valence-corrected chi connectivity index (χ3v) is 6.28. The maximum Gasteiger partial charge on any atom is 0.419 e. The second-order valence-electron chi connectivity index (χ2n) is 6.38. The fraction of sp³-hybridized carbons (Fsp3) is 0.0526. The number of rotatable bonds is 6. The predicted octanol–water partition coefficient (Wildman–Crippen LogP) is 4.75. The zero-order valence-corrected chi connectivity index (χ0v) is 17.7. The van der Waals surface area contributed by atoms with Gasteiger partial charge in [-0.2, -0.15) is 27.7 Å². The van der Waals surface area contributed by atoms with E-state index in [1.165, 1.54) is 49.1 Å². The van der Waals surface area contributed by atoms with Crippen molar-refractivity contribution < 1.29 is 30.7 Å². The van der Waals surface area contributed by atoms with Gasteiger partial charge in [-0.25, -0.2) is 17.8 Å². The number of hydrogen-bond donors (Lipinski definition) is 1. The smallest absolute Gasteiger partial charge is 0.419 e. The van der Waals surface area contributed by atoms with Crippen LogP contribution in [-0.2, 0) is 16.2 Å². The zero-order chi connectivity index (χ0) is 23.6. The lowest BCUT2D eigenvalue weighted by atomic mass is 10.0. The Bertz CT molecular complexity index is 1370. The van der Waals surface area contributed by atoms with E-state index in [1.807, 2.05) is 0 Å². The first kappa shape index (κ1) is 22.5. The molecule has 0 aliphatic rings. The summed E-state index contributed by atoms with van der Waals surface area (Å²) in [6.45, 7) is 0. The summed E-state index contributed by atoms with van der Waals surface area (Å²) < 4.78 is 90.2. The van der Waals surface area contributed by atoms with Gasteiger partial charge in [-0.3, -0.25) is 4.72 Å². The molecule has 0 saturated carbocycles. The fourth-order valence-corrected chi connectivity index (χ4v) is 4.40. The number of hydrogen-bond acceptors (Lipinski definition) is 8. The molecular weight excluding hydrogens is 486 g/mol. The van der Waals surface area contributed by atoms with E-state index in [9.17, 15) is 26.0 Å². The molecule has 33 heavy (non-hydrogen) atoms. The topological polar surface area (TPSA) is 107 Å². The number of anilines is 1. The zero-order valence-electron chi connectivity index (χ0n) is 16.1. The van der Waals surface area contributed by atoms with Gasteiger partial charge < -0.3 is 4.74 Å². The highest BCUT2D eigenvalue weighted by Crippen LogP contribution is 2.40. The van der Waals surface area contributed by atoms with Crippen molar-refractivity contribution in [3.63, 3.8) is 0 Å². The van der Waals surface area contributed by atoms with Gasteiger partial charge in [-0.1, -0.05) is 0 Å². The van der Waals surface area contributed by atoms with Crippen molar-refractivity contribution in [3.8, 4) is 22.6 Å². The molecule has 8 nitrogen and oxygen atoms in total. The van der Waals surface area contributed by atoms with E-state index in [0.717, 1.165) is 11.5 Å². The van der Waals surface area contributed by atoms with Crippen LogP contribution in [0.2, 0.25) is 0 Å². The summed E-state index contributed by atoms with van der Waals surface area (Å²) in [7, 11) is -3.95. The third kappa shape index (κ3) is 5.06. The summed E-state index contributed by atoms with van der Waals surface area (Å²) >= 11 is 0.852. The Labute approximate surface area is 188 Å². The average molecular weight is 497 g/mol. The largest absolute Gasteiger partial charge is 0.457 e. The molecule has 2 aromatic carbocycles. The van der Waals surface area contributed by atoms with Gasteiger partial charge in [0.05, 0.1) is 22.9 Å². The van der Waals surface area contributed by atoms with Crippen LogP contribution in [-0.4, -0.2) is 28.0 Å². The molecule has 2 heterocycles. The van der Waals surface area contributed by atoms with Gasteiger partial charge in [0, 0.05) is 28.7 Å². The maximum absolute atomic E-state index is 14.2. The van der Waals surface area contributed by atoms with E-state index >= 15 is 0 Å². The van der Waals surface area contributed by atoms with Gasteiger partial charge in [0.2, 0.25) is 5.13 Å². The van der Waals surface area contributed by atoms with E-state index in [2.05, 4.69) is 24.3 Å². The van der Waals surface area contributed by atoms with Crippen molar-refractivity contribution in [1.82, 2.24) is 19.6 Å². The lowest BCUT2D eigenvalue weighted by Gasteiger charge is -2.15. The predicted molar refractivity (Wildman–Crippen MR) is 110 cm³/mol. The second-order valence-corrected chi connectivity index (χ2v) is 8.84. The Morgan fingerprint density at radius 1 is 1.03 bits per heavy atom. The molecule has 4 aromatic rings. The number of alkyl halides is 3. The molecule has 0 aliphatic carbocycles. The number of halogens is 4. The van der Waals surface area contributed by atoms with Gasteiger partial charge in [0.1, 0.15) is 23.6 Å². The van der Waals surface area contributed by atoms with Gasteiger partial charge >= 0.3 is 6.18 Å². The summed E-state index contributed by atoms with van der Waals surface area (Å²) in [6, 6.07) is 7.60. The fourth-order valence-electron chi connectivity index (χ4n) is 2.74. The van der Waals surface area contributed by atoms with Crippen molar-refractivity contribution in [3.05, 3.63) is 72.6 Å². The lowest BCUT2D eigenvalue weighted by molar-refractivity contribution is -0.139. The van der Waals surface area contributed by atoms with E-state index in [4.69, 9.17) is 4.74 Å². The standard InChI is InChI=1S/C19H11F4N5O3S2/c20-16-8-17(14(7-15(16)19(21,22)23)11-5-6-25-26-9-11)31-12-1-3-13(4-2-12)33(29,30)28-18-24-10-27-32-18/h1-10H,(H,24,27,28). The highest BCUT2D eigenvalue weighted by atomic mass is 32.2. The monoisotopic (exact) mass is 497 g/mol. The normalized spacial score (nSPS) is 11.9. The summed E-state index contributed by atoms with van der Waals surface area (Å²) in [5.74, 6) is -1.69. The molecule has 0 aliphatic heterocycles. The Morgan fingerprint density at radius 3 is 2.39 bits per heavy atom. The second kappa shape index (κ2) is 8.71. The van der Waals surface area contributed by atoms with Crippen LogP contribution >= 0.6 is 11.5 Å². The molecule has 0 saturated heterocycles. The van der Waals surface area contributed by atoms with Crippen LogP contribution < -0.4 is 9.46 Å². The van der Waals surface area contributed by atoms with Crippen molar-refractivity contribution in [1.29, 1.82) is 0 Å². The molecule has 170 valence electrons. The molecule has 4 rings (SSSR count). The number of benzene rings is 2. The van der Waals surface area contributed by atoms with Crippen LogP contribution in [0.4, 0.5) is 22.7 Å². The molecular formula is C19H11F4N5O3S2. The minimum Gasteiger partial charge on any atom is -0.457 e. The van der Waals surface area contributed by atoms with E-state index in [0.29, 0.717) is 12.1 Å². The number of nitrogens with zero attached hydrogens (tertiary/aromatic N) is 4. The number of aromatic nitrogens is 4. The minimum absolute atomic E-state index is 0.0623. The van der Waals surface area contributed by atoms with Crippen LogP contribution in [0.25, 0.3) is 11.1 Å². The van der Waals surface area contributed by atoms with Crippen LogP contribution in [0, 0.1) is 5.82 Å². The Kier molecular flexibility index (Phi) is 5.95. The Morgan fingerprint density at radius 2 is 1.79 bits per heavy atom. The lowest BCUT2D eigenvalue weighted by Crippen LogP contribution is -2.12. The molecule has 0 atom stereocenters. The SMILES string of the molecule is O=S(=O)(Nc1ncns1)c1ccc(Oc2cc(F)c(C(F)(F)F)cc2-c2ccnnc2)cc1. The van der Waals surface area contributed by atoms with Gasteiger partial charge in [0.25, 0.3) is 10.0 Å². The van der Waals surface area contributed by atoms with Crippen LogP contribution in [0.3, 0.4) is 0 Å². The molecule has 1 N–H and O–H groups in total. The van der Waals surface area contributed by atoms with Gasteiger partial charge in [0.15, 0.2) is 0 Å². The summed E-state index contributed by atoms with van der Waals surface area (Å²) in [5.41, 5.74) is -1.33. The average Bonchev–Trinajstić information content (AvgIpc) is 3.26. The first-order valence-electron chi connectivity index (χ1n) is 8.89. The van der Waals surface area contributed by atoms with Crippen molar-refractivity contribution in [2.45, 2.75) is 11.1 Å². The summed E-state index contributed by atoms with van der Waals surface area (Å²) in [4.78, 5) is 3.62. The molecule has 14 heteroatoms. The van der Waals surface area contributed by atoms with E-state index in [1.54, 1.807) is 0 Å². The highest BCUT2D eigenvalue weighted by molar-refractivity contribution is 7.93. The van der Waals surface area contributed by atoms with Crippen LogP contribution in [0.1, 0.15) is 5.56 Å². The summed E-state index contributed by atoms with van der Waals surface area (Å²) in [5, 5.41) is 7.28. The first-order valence-corrected chi connectivity index (χ1v) is 11.1. The third-order valence-electron chi connectivity index (χ3n) is 4.21. The Balaban J connectivity index is 1.67. The maximum atomic E-state index is 14.2. The van der Waals surface area contributed by atoms with Crippen molar-refractivity contribution in [2.24, 2.45) is 0 Å². The molecule has 0 bridgehead atoms. The Hall–Kier alpha value is -3.65. The van der Waals surface area contributed by atoms with Crippen molar-refractivity contribution in [2.75, 3.05) is 4.72 Å². The number of ether oxygens (including phenoxy) is 1. The molecule has 0 amide bonds. The molecule has 0 unspecified atom stereocenters. The molecule has 0 radical (unpaired) electrons. The molecule has 0 spiro atoms. The van der Waals surface area contributed by atoms with E-state index < -0.39 is 27.6 Å². The van der Waals surface area contributed by atoms with Crippen LogP contribution in [0.15, 0.2) is 66.1 Å².